The van der Waals surface area contributed by atoms with Gasteiger partial charge in [0.15, 0.2) is 5.69 Å². The molecule has 4 rings (SSSR count). The first-order chi connectivity index (χ1) is 14.7. The molecule has 2 heterocycles. The van der Waals surface area contributed by atoms with Gasteiger partial charge in [0, 0.05) is 34.4 Å². The lowest BCUT2D eigenvalue weighted by Crippen LogP contribution is -2.24. The maximum absolute atomic E-state index is 13.0. The number of hydrogen-bond acceptors (Lipinski definition) is 5. The molecule has 150 valence electrons. The topological polar surface area (TPSA) is 72.7 Å². The van der Waals surface area contributed by atoms with Crippen molar-refractivity contribution in [2.75, 3.05) is 6.26 Å². The number of thioether (sulfide) groups is 1. The highest BCUT2D eigenvalue weighted by Gasteiger charge is 2.22. The van der Waals surface area contributed by atoms with Gasteiger partial charge in [-0.05, 0) is 60.4 Å². The van der Waals surface area contributed by atoms with Gasteiger partial charge in [-0.1, -0.05) is 28.9 Å². The van der Waals surface area contributed by atoms with Crippen molar-refractivity contribution in [1.82, 2.24) is 25.3 Å². The highest BCUT2D eigenvalue weighted by Crippen LogP contribution is 2.25. The van der Waals surface area contributed by atoms with Crippen LogP contribution >= 0.6 is 23.4 Å². The van der Waals surface area contributed by atoms with E-state index in [0.29, 0.717) is 17.3 Å². The van der Waals surface area contributed by atoms with Gasteiger partial charge in [-0.2, -0.15) is 0 Å². The van der Waals surface area contributed by atoms with Gasteiger partial charge < -0.3 is 5.32 Å². The zero-order valence-electron chi connectivity index (χ0n) is 16.1. The summed E-state index contributed by atoms with van der Waals surface area (Å²) >= 11 is 7.69. The summed E-state index contributed by atoms with van der Waals surface area (Å²) in [5, 5.41) is 11.9. The van der Waals surface area contributed by atoms with Crippen LogP contribution in [-0.4, -0.2) is 32.1 Å². The van der Waals surface area contributed by atoms with E-state index in [-0.39, 0.29) is 11.6 Å². The fourth-order valence-electron chi connectivity index (χ4n) is 2.97. The van der Waals surface area contributed by atoms with Crippen LogP contribution in [0.15, 0.2) is 78.0 Å². The average molecular weight is 436 g/mol. The zero-order valence-corrected chi connectivity index (χ0v) is 17.7. The van der Waals surface area contributed by atoms with E-state index in [1.54, 1.807) is 41.0 Å². The third-order valence-corrected chi connectivity index (χ3v) is 5.50. The predicted octanol–water partition coefficient (Wildman–Crippen LogP) is 4.63. The summed E-state index contributed by atoms with van der Waals surface area (Å²) in [4.78, 5) is 18.3. The predicted molar refractivity (Wildman–Crippen MR) is 119 cm³/mol. The molecular formula is C22H18ClN5OS. The summed E-state index contributed by atoms with van der Waals surface area (Å²) in [6, 6.07) is 18.9. The van der Waals surface area contributed by atoms with E-state index in [1.165, 1.54) is 4.90 Å². The molecule has 0 unspecified atom stereocenters. The molecule has 0 spiro atoms. The Balaban J connectivity index is 1.65. The molecule has 0 aliphatic heterocycles. The first kappa shape index (κ1) is 20.1. The smallest absolute Gasteiger partial charge is 0.274 e. The largest absolute Gasteiger partial charge is 0.346 e. The van der Waals surface area contributed by atoms with E-state index in [2.05, 4.69) is 20.6 Å². The Morgan fingerprint density at radius 3 is 2.53 bits per heavy atom. The molecule has 2 aromatic heterocycles. The molecule has 30 heavy (non-hydrogen) atoms. The number of carbonyl (C=O) groups is 1. The Bertz CT molecular complexity index is 1140. The van der Waals surface area contributed by atoms with E-state index in [4.69, 9.17) is 11.6 Å². The number of nitrogens with zero attached hydrogens (tertiary/aromatic N) is 4. The van der Waals surface area contributed by atoms with Gasteiger partial charge in [0.2, 0.25) is 0 Å². The first-order valence-electron chi connectivity index (χ1n) is 9.19. The van der Waals surface area contributed by atoms with E-state index in [9.17, 15) is 4.79 Å². The van der Waals surface area contributed by atoms with Crippen LogP contribution in [0, 0.1) is 0 Å². The number of benzene rings is 2. The lowest BCUT2D eigenvalue weighted by molar-refractivity contribution is 0.0946. The van der Waals surface area contributed by atoms with Gasteiger partial charge in [-0.15, -0.1) is 16.9 Å². The quantitative estimate of drug-likeness (QED) is 0.447. The lowest BCUT2D eigenvalue weighted by atomic mass is 10.1. The molecule has 0 saturated heterocycles. The summed E-state index contributed by atoms with van der Waals surface area (Å²) in [5.41, 5.74) is 3.30. The molecule has 0 radical (unpaired) electrons. The number of nitrogens with one attached hydrogen (secondary N) is 1. The summed E-state index contributed by atoms with van der Waals surface area (Å²) in [6.45, 7) is 0.397. The number of hydrogen-bond donors (Lipinski definition) is 1. The fraction of sp³-hybridized carbons (Fsp3) is 0.0909. The number of amides is 1. The van der Waals surface area contributed by atoms with Crippen molar-refractivity contribution in [3.8, 4) is 16.9 Å². The standard InChI is InChI=1S/C22H18ClN5OS/c1-30-19-10-4-15(5-11-19)13-25-22(29)20-21(16-3-2-12-24-14-16)28(27-26-20)18-8-6-17(23)7-9-18/h2-12,14H,13H2,1H3,(H,25,29). The number of carbonyl (C=O) groups excluding carboxylic acids is 1. The summed E-state index contributed by atoms with van der Waals surface area (Å²) in [7, 11) is 0. The Morgan fingerprint density at radius 2 is 1.87 bits per heavy atom. The zero-order chi connectivity index (χ0) is 20.9. The van der Waals surface area contributed by atoms with Crippen LogP contribution in [0.5, 0.6) is 0 Å². The minimum absolute atomic E-state index is 0.235. The summed E-state index contributed by atoms with van der Waals surface area (Å²) < 4.78 is 1.62. The molecule has 0 aliphatic rings. The Labute approximate surface area is 183 Å². The molecule has 6 nitrogen and oxygen atoms in total. The van der Waals surface area contributed by atoms with Gasteiger partial charge in [0.1, 0.15) is 5.69 Å². The van der Waals surface area contributed by atoms with E-state index >= 15 is 0 Å². The number of aromatic nitrogens is 4. The van der Waals surface area contributed by atoms with E-state index < -0.39 is 0 Å². The molecule has 8 heteroatoms. The van der Waals surface area contributed by atoms with Crippen molar-refractivity contribution in [2.24, 2.45) is 0 Å². The van der Waals surface area contributed by atoms with Crippen molar-refractivity contribution in [3.05, 3.63) is 89.3 Å². The molecular weight excluding hydrogens is 418 g/mol. The number of rotatable bonds is 6. The Hall–Kier alpha value is -3.16. The van der Waals surface area contributed by atoms with Gasteiger partial charge in [-0.25, -0.2) is 4.68 Å². The molecule has 0 fully saturated rings. The summed E-state index contributed by atoms with van der Waals surface area (Å²) in [6.07, 6.45) is 5.39. The van der Waals surface area contributed by atoms with Crippen molar-refractivity contribution in [2.45, 2.75) is 11.4 Å². The third kappa shape index (κ3) is 4.37. The normalized spacial score (nSPS) is 10.7. The fourth-order valence-corrected chi connectivity index (χ4v) is 3.50. The van der Waals surface area contributed by atoms with Crippen LogP contribution in [0.2, 0.25) is 5.02 Å². The second-order valence-electron chi connectivity index (χ2n) is 6.45. The van der Waals surface area contributed by atoms with Crippen molar-refractivity contribution < 1.29 is 4.79 Å². The van der Waals surface area contributed by atoms with Gasteiger partial charge >= 0.3 is 0 Å². The van der Waals surface area contributed by atoms with E-state index in [0.717, 1.165) is 16.8 Å². The second kappa shape index (κ2) is 9.11. The average Bonchev–Trinajstić information content (AvgIpc) is 3.24. The second-order valence-corrected chi connectivity index (χ2v) is 7.76. The van der Waals surface area contributed by atoms with Crippen LogP contribution in [0.3, 0.4) is 0 Å². The Kier molecular flexibility index (Phi) is 6.11. The Morgan fingerprint density at radius 1 is 1.10 bits per heavy atom. The molecule has 0 atom stereocenters. The SMILES string of the molecule is CSc1ccc(CNC(=O)c2nnn(-c3ccc(Cl)cc3)c2-c2cccnc2)cc1. The summed E-state index contributed by atoms with van der Waals surface area (Å²) in [5.74, 6) is -0.303. The lowest BCUT2D eigenvalue weighted by Gasteiger charge is -2.09. The molecule has 4 aromatic rings. The van der Waals surface area contributed by atoms with Gasteiger partial charge in [0.25, 0.3) is 5.91 Å². The van der Waals surface area contributed by atoms with E-state index in [1.807, 2.05) is 54.8 Å². The van der Waals surface area contributed by atoms with Crippen molar-refractivity contribution >= 4 is 29.3 Å². The molecule has 1 amide bonds. The maximum Gasteiger partial charge on any atom is 0.274 e. The number of halogens is 1. The van der Waals surface area contributed by atoms with Crippen LogP contribution < -0.4 is 5.32 Å². The minimum Gasteiger partial charge on any atom is -0.346 e. The van der Waals surface area contributed by atoms with Crippen LogP contribution in [0.25, 0.3) is 16.9 Å². The third-order valence-electron chi connectivity index (χ3n) is 4.50. The highest BCUT2D eigenvalue weighted by atomic mass is 35.5. The van der Waals surface area contributed by atoms with Crippen molar-refractivity contribution in [3.63, 3.8) is 0 Å². The van der Waals surface area contributed by atoms with Crippen LogP contribution in [0.1, 0.15) is 16.1 Å². The van der Waals surface area contributed by atoms with Crippen LogP contribution in [-0.2, 0) is 6.54 Å². The molecule has 2 aromatic carbocycles. The highest BCUT2D eigenvalue weighted by molar-refractivity contribution is 7.98. The van der Waals surface area contributed by atoms with Gasteiger partial charge in [0.05, 0.1) is 5.69 Å². The molecule has 1 N–H and O–H groups in total. The maximum atomic E-state index is 13.0. The first-order valence-corrected chi connectivity index (χ1v) is 10.8. The monoisotopic (exact) mass is 435 g/mol. The van der Waals surface area contributed by atoms with Crippen molar-refractivity contribution in [1.29, 1.82) is 0 Å². The van der Waals surface area contributed by atoms with Crippen LogP contribution in [0.4, 0.5) is 0 Å². The number of pyridine rings is 1. The molecule has 0 saturated carbocycles. The molecule has 0 aliphatic carbocycles. The van der Waals surface area contributed by atoms with Gasteiger partial charge in [-0.3, -0.25) is 9.78 Å². The minimum atomic E-state index is -0.303. The molecule has 0 bridgehead atoms.